The third kappa shape index (κ3) is 1.28. The first-order chi connectivity index (χ1) is 10.2. The summed E-state index contributed by atoms with van der Waals surface area (Å²) in [6, 6.07) is 0. The van der Waals surface area contributed by atoms with Crippen LogP contribution >= 0.6 is 0 Å². The van der Waals surface area contributed by atoms with Gasteiger partial charge in [-0.1, -0.05) is 34.1 Å². The molecule has 4 fully saturated rings. The number of ether oxygens (including phenoxy) is 1. The van der Waals surface area contributed by atoms with Gasteiger partial charge in [0.05, 0.1) is 6.10 Å². The Morgan fingerprint density at radius 2 is 1.86 bits per heavy atom. The van der Waals surface area contributed by atoms with Crippen molar-refractivity contribution in [2.24, 2.45) is 27.6 Å². The molecule has 1 aliphatic heterocycles. The highest BCUT2D eigenvalue weighted by Crippen LogP contribution is 2.77. The molecule has 0 radical (unpaired) electrons. The smallest absolute Gasteiger partial charge is 0.161 e. The molecule has 1 heterocycles. The summed E-state index contributed by atoms with van der Waals surface area (Å²) < 4.78 is 6.22. The lowest BCUT2D eigenvalue weighted by atomic mass is 9.40. The Morgan fingerprint density at radius 3 is 2.64 bits per heavy atom. The van der Waals surface area contributed by atoms with Gasteiger partial charge in [0.1, 0.15) is 6.10 Å². The summed E-state index contributed by atoms with van der Waals surface area (Å²) in [4.78, 5) is 12.6. The van der Waals surface area contributed by atoms with Crippen LogP contribution in [-0.4, -0.2) is 18.0 Å². The quantitative estimate of drug-likeness (QED) is 0.625. The van der Waals surface area contributed by atoms with Crippen LogP contribution in [0, 0.1) is 27.6 Å². The van der Waals surface area contributed by atoms with Crippen molar-refractivity contribution in [3.05, 3.63) is 11.6 Å². The Morgan fingerprint density at radius 1 is 1.09 bits per heavy atom. The molecule has 1 spiro atoms. The van der Waals surface area contributed by atoms with E-state index in [9.17, 15) is 4.79 Å². The fraction of sp³-hybridized carbons (Fsp3) is 0.850. The number of rotatable bonds is 0. The van der Waals surface area contributed by atoms with Crippen LogP contribution in [0.5, 0.6) is 0 Å². The summed E-state index contributed by atoms with van der Waals surface area (Å²) in [6.45, 7) is 9.68. The molecule has 2 bridgehead atoms. The summed E-state index contributed by atoms with van der Waals surface area (Å²) in [5.74, 6) is 1.04. The van der Waals surface area contributed by atoms with E-state index in [0.29, 0.717) is 28.6 Å². The van der Waals surface area contributed by atoms with Crippen LogP contribution in [0.1, 0.15) is 66.2 Å². The lowest BCUT2D eigenvalue weighted by molar-refractivity contribution is -0.129. The lowest BCUT2D eigenvalue weighted by Crippen LogP contribution is -2.59. The molecule has 0 aromatic carbocycles. The molecular weight excluding hydrogens is 272 g/mol. The number of carbonyl (C=O) groups is 1. The molecule has 0 aromatic rings. The molecule has 120 valence electrons. The van der Waals surface area contributed by atoms with E-state index < -0.39 is 0 Å². The zero-order chi connectivity index (χ0) is 15.5. The average molecular weight is 300 g/mol. The summed E-state index contributed by atoms with van der Waals surface area (Å²) >= 11 is 0. The third-order valence-corrected chi connectivity index (χ3v) is 8.53. The second kappa shape index (κ2) is 3.55. The first kappa shape index (κ1) is 13.8. The van der Waals surface area contributed by atoms with E-state index in [1.54, 1.807) is 0 Å². The molecule has 0 N–H and O–H groups in total. The van der Waals surface area contributed by atoms with E-state index in [2.05, 4.69) is 27.7 Å². The minimum absolute atomic E-state index is 0.0968. The van der Waals surface area contributed by atoms with Gasteiger partial charge in [-0.25, -0.2) is 0 Å². The van der Waals surface area contributed by atoms with Crippen LogP contribution in [0.3, 0.4) is 0 Å². The van der Waals surface area contributed by atoms with E-state index in [0.717, 1.165) is 12.8 Å². The van der Waals surface area contributed by atoms with Gasteiger partial charge < -0.3 is 4.74 Å². The number of ketones is 1. The van der Waals surface area contributed by atoms with Gasteiger partial charge in [0, 0.05) is 10.8 Å². The van der Waals surface area contributed by atoms with Gasteiger partial charge in [0.2, 0.25) is 0 Å². The predicted molar refractivity (Wildman–Crippen MR) is 85.4 cm³/mol. The van der Waals surface area contributed by atoms with E-state index >= 15 is 0 Å². The number of epoxide rings is 1. The fourth-order valence-corrected chi connectivity index (χ4v) is 7.47. The van der Waals surface area contributed by atoms with E-state index in [1.165, 1.54) is 31.3 Å². The van der Waals surface area contributed by atoms with Gasteiger partial charge in [-0.2, -0.15) is 0 Å². The third-order valence-electron chi connectivity index (χ3n) is 8.53. The van der Waals surface area contributed by atoms with Crippen LogP contribution in [0.15, 0.2) is 11.6 Å². The maximum absolute atomic E-state index is 12.6. The maximum Gasteiger partial charge on any atom is 0.161 e. The first-order valence-electron chi connectivity index (χ1n) is 9.16. The minimum Gasteiger partial charge on any atom is -0.364 e. The number of hydrogen-bond donors (Lipinski definition) is 0. The average Bonchev–Trinajstić information content (AvgIpc) is 3.10. The largest absolute Gasteiger partial charge is 0.364 e. The number of allylic oxidation sites excluding steroid dienone is 1. The molecule has 0 unspecified atom stereocenters. The molecule has 4 aliphatic carbocycles. The first-order valence-corrected chi connectivity index (χ1v) is 9.16. The van der Waals surface area contributed by atoms with Crippen molar-refractivity contribution < 1.29 is 9.53 Å². The van der Waals surface area contributed by atoms with E-state index in [1.807, 2.05) is 6.08 Å². The lowest BCUT2D eigenvalue weighted by Gasteiger charge is -2.62. The summed E-state index contributed by atoms with van der Waals surface area (Å²) in [7, 11) is 0. The van der Waals surface area contributed by atoms with Crippen molar-refractivity contribution in [1.29, 1.82) is 0 Å². The molecule has 0 aromatic heterocycles. The zero-order valence-corrected chi connectivity index (χ0v) is 14.4. The Labute approximate surface area is 133 Å². The number of fused-ring (bicyclic) bond motifs is 5. The maximum atomic E-state index is 12.6. The normalized spacial score (nSPS) is 57.5. The van der Waals surface area contributed by atoms with Gasteiger partial charge in [-0.3, -0.25) is 4.79 Å². The Hall–Kier alpha value is -0.630. The molecule has 1 saturated heterocycles. The molecule has 2 nitrogen and oxygen atoms in total. The Kier molecular flexibility index (Phi) is 2.23. The van der Waals surface area contributed by atoms with Crippen LogP contribution < -0.4 is 0 Å². The number of hydrogen-bond acceptors (Lipinski definition) is 2. The van der Waals surface area contributed by atoms with Crippen molar-refractivity contribution in [2.75, 3.05) is 0 Å². The summed E-state index contributed by atoms with van der Waals surface area (Å²) in [5, 5.41) is 0. The predicted octanol–water partition coefficient (Wildman–Crippen LogP) is 4.29. The van der Waals surface area contributed by atoms with Crippen molar-refractivity contribution in [1.82, 2.24) is 0 Å². The summed E-state index contributed by atoms with van der Waals surface area (Å²) in [6.07, 6.45) is 10.0. The van der Waals surface area contributed by atoms with Gasteiger partial charge >= 0.3 is 0 Å². The van der Waals surface area contributed by atoms with Crippen LogP contribution in [-0.2, 0) is 9.53 Å². The zero-order valence-electron chi connectivity index (χ0n) is 14.4. The second-order valence-corrected chi connectivity index (χ2v) is 10.0. The van der Waals surface area contributed by atoms with Crippen molar-refractivity contribution in [3.8, 4) is 0 Å². The Balaban J connectivity index is 1.73. The molecule has 0 amide bonds. The highest BCUT2D eigenvalue weighted by molar-refractivity contribution is 5.97. The van der Waals surface area contributed by atoms with Gasteiger partial charge in [-0.05, 0) is 60.5 Å². The van der Waals surface area contributed by atoms with Gasteiger partial charge in [0.15, 0.2) is 5.78 Å². The van der Waals surface area contributed by atoms with Crippen molar-refractivity contribution >= 4 is 5.78 Å². The van der Waals surface area contributed by atoms with Crippen LogP contribution in [0.2, 0.25) is 0 Å². The van der Waals surface area contributed by atoms with E-state index in [-0.39, 0.29) is 16.9 Å². The molecule has 22 heavy (non-hydrogen) atoms. The highest BCUT2D eigenvalue weighted by atomic mass is 16.6. The highest BCUT2D eigenvalue weighted by Gasteiger charge is 2.75. The molecule has 3 saturated carbocycles. The van der Waals surface area contributed by atoms with Crippen LogP contribution in [0.4, 0.5) is 0 Å². The Bertz CT molecular complexity index is 617. The summed E-state index contributed by atoms with van der Waals surface area (Å²) in [5.41, 5.74) is 2.23. The van der Waals surface area contributed by atoms with Gasteiger partial charge in [0.25, 0.3) is 0 Å². The van der Waals surface area contributed by atoms with E-state index in [4.69, 9.17) is 4.74 Å². The monoisotopic (exact) mass is 300 g/mol. The standard InChI is InChI=1S/C20H28O2/c1-17(2)6-5-7-19(4)16(17)15-14(22-15)12-10-13(21)18(3)8-9-20(12,19)11-18/h10,14-16H,5-9,11H2,1-4H3/t14-,15-,16-,18+,19-,20-/m0/s1. The number of carbonyl (C=O) groups excluding carboxylic acids is 1. The van der Waals surface area contributed by atoms with Gasteiger partial charge in [-0.15, -0.1) is 0 Å². The fourth-order valence-electron chi connectivity index (χ4n) is 7.47. The molecule has 6 atom stereocenters. The van der Waals surface area contributed by atoms with Crippen LogP contribution in [0.25, 0.3) is 0 Å². The minimum atomic E-state index is -0.0968. The molecule has 5 aliphatic rings. The topological polar surface area (TPSA) is 29.6 Å². The SMILES string of the molecule is CC1(C)CCC[C@@]2(C)[C@H]1[C@H]1O[C@H]1C1=CC(=O)[C@]3(C)CC[C@]12C3. The van der Waals surface area contributed by atoms with Crippen molar-refractivity contribution in [2.45, 2.75) is 78.4 Å². The molecule has 5 rings (SSSR count). The second-order valence-electron chi connectivity index (χ2n) is 10.0. The van der Waals surface area contributed by atoms with Crippen molar-refractivity contribution in [3.63, 3.8) is 0 Å². The molecule has 2 heteroatoms. The molecular formula is C20H28O2.